The predicted molar refractivity (Wildman–Crippen MR) is 78.1 cm³/mol. The Hall–Kier alpha value is -1.69. The zero-order chi connectivity index (χ0) is 14.5. The van der Waals surface area contributed by atoms with Crippen LogP contribution in [0.5, 0.6) is 0 Å². The van der Waals surface area contributed by atoms with E-state index in [9.17, 15) is 9.59 Å². The molecular weight excluding hydrogens is 256 g/mol. The molecule has 1 saturated heterocycles. The molecule has 1 aliphatic heterocycles. The average Bonchev–Trinajstić information content (AvgIpc) is 2.42. The maximum Gasteiger partial charge on any atom is 0.269 e. The molecule has 1 aliphatic rings. The van der Waals surface area contributed by atoms with Gasteiger partial charge in [0, 0.05) is 38.7 Å². The molecule has 20 heavy (non-hydrogen) atoms. The summed E-state index contributed by atoms with van der Waals surface area (Å²) < 4.78 is 1.25. The van der Waals surface area contributed by atoms with Crippen molar-refractivity contribution in [3.8, 4) is 0 Å². The Labute approximate surface area is 119 Å². The van der Waals surface area contributed by atoms with Gasteiger partial charge in [-0.2, -0.15) is 5.10 Å². The van der Waals surface area contributed by atoms with Crippen molar-refractivity contribution in [2.45, 2.75) is 26.3 Å². The summed E-state index contributed by atoms with van der Waals surface area (Å²) >= 11 is 0. The Kier molecular flexibility index (Phi) is 4.89. The van der Waals surface area contributed by atoms with Gasteiger partial charge in [0.2, 0.25) is 0 Å². The molecule has 0 radical (unpaired) electrons. The number of aromatic nitrogens is 2. The number of hydrogen-bond acceptors (Lipinski definition) is 5. The fraction of sp³-hybridized carbons (Fsp3) is 0.643. The zero-order valence-electron chi connectivity index (χ0n) is 12.2. The van der Waals surface area contributed by atoms with Crippen LogP contribution in [-0.4, -0.2) is 53.7 Å². The maximum absolute atomic E-state index is 12.0. The SMILES string of the molecule is CCCC(=O)Cn1ncc(N2CCN(C)CC2)cc1=O. The summed E-state index contributed by atoms with van der Waals surface area (Å²) in [6.45, 7) is 5.79. The third kappa shape index (κ3) is 3.66. The van der Waals surface area contributed by atoms with Gasteiger partial charge < -0.3 is 9.80 Å². The molecule has 0 N–H and O–H groups in total. The van der Waals surface area contributed by atoms with Crippen LogP contribution in [0.1, 0.15) is 19.8 Å². The van der Waals surface area contributed by atoms with Gasteiger partial charge in [0.25, 0.3) is 5.56 Å². The largest absolute Gasteiger partial charge is 0.368 e. The third-order valence-electron chi connectivity index (χ3n) is 3.58. The molecule has 1 fully saturated rings. The Bertz CT molecular complexity index is 518. The molecule has 1 aromatic rings. The Morgan fingerprint density at radius 3 is 2.60 bits per heavy atom. The lowest BCUT2D eigenvalue weighted by molar-refractivity contribution is -0.119. The first-order chi connectivity index (χ1) is 9.60. The lowest BCUT2D eigenvalue weighted by Crippen LogP contribution is -2.45. The molecule has 6 heteroatoms. The number of likely N-dealkylation sites (N-methyl/N-ethyl adjacent to an activating group) is 1. The second kappa shape index (κ2) is 6.65. The molecule has 0 bridgehead atoms. The second-order valence-electron chi connectivity index (χ2n) is 5.29. The minimum atomic E-state index is -0.203. The molecule has 0 amide bonds. The second-order valence-corrected chi connectivity index (χ2v) is 5.29. The van der Waals surface area contributed by atoms with E-state index in [1.807, 2.05) is 6.92 Å². The van der Waals surface area contributed by atoms with Crippen LogP contribution in [0.4, 0.5) is 5.69 Å². The van der Waals surface area contributed by atoms with E-state index in [2.05, 4.69) is 21.9 Å². The molecule has 1 aromatic heterocycles. The lowest BCUT2D eigenvalue weighted by Gasteiger charge is -2.33. The topological polar surface area (TPSA) is 58.4 Å². The predicted octanol–water partition coefficient (Wildman–Crippen LogP) is 0.364. The lowest BCUT2D eigenvalue weighted by atomic mass is 10.2. The van der Waals surface area contributed by atoms with Crippen LogP contribution >= 0.6 is 0 Å². The van der Waals surface area contributed by atoms with Crippen LogP contribution in [0.2, 0.25) is 0 Å². The number of piperazine rings is 1. The van der Waals surface area contributed by atoms with Crippen LogP contribution in [0.25, 0.3) is 0 Å². The van der Waals surface area contributed by atoms with E-state index in [-0.39, 0.29) is 17.9 Å². The number of anilines is 1. The van der Waals surface area contributed by atoms with E-state index < -0.39 is 0 Å². The van der Waals surface area contributed by atoms with E-state index in [4.69, 9.17) is 0 Å². The number of carbonyl (C=O) groups is 1. The summed E-state index contributed by atoms with van der Waals surface area (Å²) in [5.41, 5.74) is 0.646. The van der Waals surface area contributed by atoms with Crippen molar-refractivity contribution in [2.75, 3.05) is 38.1 Å². The summed E-state index contributed by atoms with van der Waals surface area (Å²) in [6, 6.07) is 1.58. The van der Waals surface area contributed by atoms with Crippen LogP contribution in [-0.2, 0) is 11.3 Å². The number of Topliss-reactive ketones (excluding diaryl/α,β-unsaturated/α-hetero) is 1. The molecule has 0 saturated carbocycles. The molecule has 110 valence electrons. The summed E-state index contributed by atoms with van der Waals surface area (Å²) in [5, 5.41) is 4.12. The van der Waals surface area contributed by atoms with E-state index in [0.717, 1.165) is 38.3 Å². The number of rotatable bonds is 5. The van der Waals surface area contributed by atoms with Gasteiger partial charge in [-0.05, 0) is 13.5 Å². The van der Waals surface area contributed by atoms with Gasteiger partial charge in [-0.1, -0.05) is 6.92 Å². The molecule has 2 rings (SSSR count). The van der Waals surface area contributed by atoms with Crippen LogP contribution in [0.15, 0.2) is 17.1 Å². The normalized spacial score (nSPS) is 16.4. The number of nitrogens with zero attached hydrogens (tertiary/aromatic N) is 4. The third-order valence-corrected chi connectivity index (χ3v) is 3.58. The van der Waals surface area contributed by atoms with Crippen molar-refractivity contribution < 1.29 is 4.79 Å². The molecule has 0 aliphatic carbocycles. The summed E-state index contributed by atoms with van der Waals surface area (Å²) in [4.78, 5) is 28.0. The highest BCUT2D eigenvalue weighted by Gasteiger charge is 2.15. The van der Waals surface area contributed by atoms with Crippen molar-refractivity contribution in [3.63, 3.8) is 0 Å². The minimum absolute atomic E-state index is 0.0504. The number of carbonyl (C=O) groups excluding carboxylic acids is 1. The van der Waals surface area contributed by atoms with Gasteiger partial charge in [0.05, 0.1) is 11.9 Å². The fourth-order valence-electron chi connectivity index (χ4n) is 2.31. The number of ketones is 1. The van der Waals surface area contributed by atoms with E-state index in [0.29, 0.717) is 6.42 Å². The fourth-order valence-corrected chi connectivity index (χ4v) is 2.31. The first-order valence-electron chi connectivity index (χ1n) is 7.12. The first-order valence-corrected chi connectivity index (χ1v) is 7.12. The average molecular weight is 278 g/mol. The van der Waals surface area contributed by atoms with Crippen molar-refractivity contribution in [2.24, 2.45) is 0 Å². The standard InChI is InChI=1S/C14H22N4O2/c1-3-4-13(19)11-18-14(20)9-12(10-15-18)17-7-5-16(2)6-8-17/h9-10H,3-8,11H2,1-2H3. The van der Waals surface area contributed by atoms with Gasteiger partial charge >= 0.3 is 0 Å². The van der Waals surface area contributed by atoms with Crippen LogP contribution < -0.4 is 10.5 Å². The highest BCUT2D eigenvalue weighted by atomic mass is 16.1. The summed E-state index contributed by atoms with van der Waals surface area (Å²) in [5.74, 6) is 0.0504. The van der Waals surface area contributed by atoms with Gasteiger partial charge in [-0.15, -0.1) is 0 Å². The van der Waals surface area contributed by atoms with Gasteiger partial charge in [-0.3, -0.25) is 9.59 Å². The number of hydrogen-bond donors (Lipinski definition) is 0. The molecule has 2 heterocycles. The van der Waals surface area contributed by atoms with Crippen molar-refractivity contribution in [3.05, 3.63) is 22.6 Å². The molecule has 0 spiro atoms. The Balaban J connectivity index is 2.06. The van der Waals surface area contributed by atoms with Gasteiger partial charge in [0.15, 0.2) is 5.78 Å². The first kappa shape index (κ1) is 14.7. The molecule has 0 atom stereocenters. The zero-order valence-corrected chi connectivity index (χ0v) is 12.2. The highest BCUT2D eigenvalue weighted by Crippen LogP contribution is 2.12. The van der Waals surface area contributed by atoms with Crippen LogP contribution in [0.3, 0.4) is 0 Å². The van der Waals surface area contributed by atoms with E-state index in [1.54, 1.807) is 12.3 Å². The van der Waals surface area contributed by atoms with E-state index >= 15 is 0 Å². The summed E-state index contributed by atoms with van der Waals surface area (Å²) in [6.07, 6.45) is 2.98. The molecule has 0 aromatic carbocycles. The summed E-state index contributed by atoms with van der Waals surface area (Å²) in [7, 11) is 2.09. The quantitative estimate of drug-likeness (QED) is 0.778. The smallest absolute Gasteiger partial charge is 0.269 e. The van der Waals surface area contributed by atoms with Crippen molar-refractivity contribution in [1.82, 2.24) is 14.7 Å². The van der Waals surface area contributed by atoms with Crippen molar-refractivity contribution >= 4 is 11.5 Å². The van der Waals surface area contributed by atoms with Gasteiger partial charge in [0.1, 0.15) is 6.54 Å². The van der Waals surface area contributed by atoms with E-state index in [1.165, 1.54) is 4.68 Å². The van der Waals surface area contributed by atoms with Crippen molar-refractivity contribution in [1.29, 1.82) is 0 Å². The molecule has 0 unspecified atom stereocenters. The van der Waals surface area contributed by atoms with Crippen LogP contribution in [0, 0.1) is 0 Å². The Morgan fingerprint density at radius 2 is 2.00 bits per heavy atom. The molecule has 6 nitrogen and oxygen atoms in total. The minimum Gasteiger partial charge on any atom is -0.368 e. The highest BCUT2D eigenvalue weighted by molar-refractivity contribution is 5.77. The monoisotopic (exact) mass is 278 g/mol. The Morgan fingerprint density at radius 1 is 1.30 bits per heavy atom. The van der Waals surface area contributed by atoms with Gasteiger partial charge in [-0.25, -0.2) is 4.68 Å². The maximum atomic E-state index is 12.0. The molecular formula is C14H22N4O2.